The van der Waals surface area contributed by atoms with Crippen molar-refractivity contribution in [3.8, 4) is 5.75 Å². The average Bonchev–Trinajstić information content (AvgIpc) is 2.79. The van der Waals surface area contributed by atoms with Crippen molar-refractivity contribution in [2.45, 2.75) is 46.7 Å². The number of hydrogen-bond acceptors (Lipinski definition) is 5. The van der Waals surface area contributed by atoms with Crippen LogP contribution in [0.3, 0.4) is 0 Å². The zero-order valence-corrected chi connectivity index (χ0v) is 21.6. The van der Waals surface area contributed by atoms with E-state index < -0.39 is 28.5 Å². The molecule has 1 atom stereocenters. The molecule has 0 saturated heterocycles. The Bertz CT molecular complexity index is 1100. The van der Waals surface area contributed by atoms with Crippen molar-refractivity contribution in [2.75, 3.05) is 30.8 Å². The highest BCUT2D eigenvalue weighted by molar-refractivity contribution is 7.92. The van der Waals surface area contributed by atoms with Gasteiger partial charge in [0.15, 0.2) is 0 Å². The lowest BCUT2D eigenvalue weighted by Crippen LogP contribution is -2.51. The van der Waals surface area contributed by atoms with Crippen LogP contribution in [0.4, 0.5) is 5.69 Å². The van der Waals surface area contributed by atoms with Crippen LogP contribution < -0.4 is 14.4 Å². The van der Waals surface area contributed by atoms with Crippen molar-refractivity contribution in [1.82, 2.24) is 10.2 Å². The second-order valence-electron chi connectivity index (χ2n) is 8.35. The van der Waals surface area contributed by atoms with Crippen molar-refractivity contribution in [2.24, 2.45) is 0 Å². The monoisotopic (exact) mass is 489 g/mol. The van der Waals surface area contributed by atoms with Gasteiger partial charge in [-0.05, 0) is 56.0 Å². The SMILES string of the molecule is CCCNC(=O)C(C)N(Cc1cccc(OC)c1)C(=O)CN(c1c(C)cccc1C)S(C)(=O)=O. The maximum atomic E-state index is 13.6. The van der Waals surface area contributed by atoms with E-state index in [0.717, 1.165) is 33.7 Å². The predicted molar refractivity (Wildman–Crippen MR) is 134 cm³/mol. The number of hydrogen-bond donors (Lipinski definition) is 1. The van der Waals surface area contributed by atoms with E-state index in [1.807, 2.05) is 19.1 Å². The largest absolute Gasteiger partial charge is 0.497 e. The summed E-state index contributed by atoms with van der Waals surface area (Å²) in [6.07, 6.45) is 1.84. The Kier molecular flexibility index (Phi) is 9.49. The molecule has 0 spiro atoms. The Balaban J connectivity index is 2.44. The summed E-state index contributed by atoms with van der Waals surface area (Å²) in [5.41, 5.74) is 2.72. The maximum absolute atomic E-state index is 13.6. The van der Waals surface area contributed by atoms with Crippen LogP contribution >= 0.6 is 0 Å². The smallest absolute Gasteiger partial charge is 0.244 e. The van der Waals surface area contributed by atoms with Crippen molar-refractivity contribution >= 4 is 27.5 Å². The molecular weight excluding hydrogens is 454 g/mol. The van der Waals surface area contributed by atoms with Gasteiger partial charge < -0.3 is 15.0 Å². The number of anilines is 1. The number of carbonyl (C=O) groups is 2. The number of methoxy groups -OCH3 is 1. The number of aryl methyl sites for hydroxylation is 2. The molecular formula is C25H35N3O5S. The molecule has 2 amide bonds. The third-order valence-corrected chi connectivity index (χ3v) is 6.68. The maximum Gasteiger partial charge on any atom is 0.244 e. The highest BCUT2D eigenvalue weighted by atomic mass is 32.2. The van der Waals surface area contributed by atoms with E-state index >= 15 is 0 Å². The number of para-hydroxylation sites is 1. The molecule has 8 nitrogen and oxygen atoms in total. The fourth-order valence-corrected chi connectivity index (χ4v) is 4.69. The van der Waals surface area contributed by atoms with Crippen molar-refractivity contribution < 1.29 is 22.7 Å². The lowest BCUT2D eigenvalue weighted by molar-refractivity contribution is -0.139. The van der Waals surface area contributed by atoms with Crippen LogP contribution in [-0.2, 0) is 26.2 Å². The topological polar surface area (TPSA) is 96.0 Å². The first-order valence-corrected chi connectivity index (χ1v) is 13.1. The van der Waals surface area contributed by atoms with Gasteiger partial charge in [-0.25, -0.2) is 8.42 Å². The first-order chi connectivity index (χ1) is 16.0. The van der Waals surface area contributed by atoms with Gasteiger partial charge >= 0.3 is 0 Å². The average molecular weight is 490 g/mol. The number of carbonyl (C=O) groups excluding carboxylic acids is 2. The van der Waals surface area contributed by atoms with E-state index in [2.05, 4.69) is 5.32 Å². The molecule has 0 radical (unpaired) electrons. The van der Waals surface area contributed by atoms with E-state index in [-0.39, 0.29) is 12.5 Å². The molecule has 0 aliphatic carbocycles. The van der Waals surface area contributed by atoms with E-state index in [4.69, 9.17) is 4.74 Å². The lowest BCUT2D eigenvalue weighted by atomic mass is 10.1. The third kappa shape index (κ3) is 6.96. The molecule has 1 N–H and O–H groups in total. The van der Waals surface area contributed by atoms with E-state index in [0.29, 0.717) is 18.0 Å². The standard InChI is InChI=1S/C25H35N3O5S/c1-7-14-26-25(30)20(4)27(16-21-12-9-13-22(15-21)33-5)23(29)17-28(34(6,31)32)24-18(2)10-8-11-19(24)3/h8-13,15,20H,7,14,16-17H2,1-6H3,(H,26,30). The van der Waals surface area contributed by atoms with E-state index in [1.165, 1.54) is 4.90 Å². The van der Waals surface area contributed by atoms with Gasteiger partial charge in [0.25, 0.3) is 0 Å². The Hall–Kier alpha value is -3.07. The number of sulfonamides is 1. The van der Waals surface area contributed by atoms with Gasteiger partial charge in [0.1, 0.15) is 18.3 Å². The lowest BCUT2D eigenvalue weighted by Gasteiger charge is -2.32. The minimum atomic E-state index is -3.77. The van der Waals surface area contributed by atoms with E-state index in [9.17, 15) is 18.0 Å². The predicted octanol–water partition coefficient (Wildman–Crippen LogP) is 3.02. The highest BCUT2D eigenvalue weighted by Gasteiger charge is 2.31. The van der Waals surface area contributed by atoms with Gasteiger partial charge in [-0.1, -0.05) is 37.3 Å². The molecule has 0 aliphatic rings. The summed E-state index contributed by atoms with van der Waals surface area (Å²) in [4.78, 5) is 27.8. The van der Waals surface area contributed by atoms with Gasteiger partial charge in [-0.15, -0.1) is 0 Å². The van der Waals surface area contributed by atoms with Gasteiger partial charge in [0.2, 0.25) is 21.8 Å². The molecule has 34 heavy (non-hydrogen) atoms. The van der Waals surface area contributed by atoms with Crippen LogP contribution in [0.5, 0.6) is 5.75 Å². The van der Waals surface area contributed by atoms with Gasteiger partial charge in [0, 0.05) is 13.1 Å². The summed E-state index contributed by atoms with van der Waals surface area (Å²) in [6, 6.07) is 11.9. The van der Waals surface area contributed by atoms with Crippen molar-refractivity contribution in [3.63, 3.8) is 0 Å². The molecule has 2 rings (SSSR count). The molecule has 186 valence electrons. The zero-order chi connectivity index (χ0) is 25.5. The van der Waals surface area contributed by atoms with E-state index in [1.54, 1.807) is 58.2 Å². The molecule has 2 aromatic rings. The molecule has 9 heteroatoms. The molecule has 0 aliphatic heterocycles. The van der Waals surface area contributed by atoms with Gasteiger partial charge in [0.05, 0.1) is 19.1 Å². The van der Waals surface area contributed by atoms with Crippen LogP contribution in [-0.4, -0.2) is 57.6 Å². The second kappa shape index (κ2) is 11.9. The Morgan fingerprint density at radius 1 is 1.09 bits per heavy atom. The summed E-state index contributed by atoms with van der Waals surface area (Å²) in [5, 5.41) is 2.82. The first-order valence-electron chi connectivity index (χ1n) is 11.2. The van der Waals surface area contributed by atoms with Crippen LogP contribution in [0.15, 0.2) is 42.5 Å². The summed E-state index contributed by atoms with van der Waals surface area (Å²) in [7, 11) is -2.22. The minimum Gasteiger partial charge on any atom is -0.497 e. The second-order valence-corrected chi connectivity index (χ2v) is 10.3. The fourth-order valence-electron chi connectivity index (χ4n) is 3.72. The molecule has 0 heterocycles. The third-order valence-electron chi connectivity index (χ3n) is 5.57. The number of nitrogens with one attached hydrogen (secondary N) is 1. The first kappa shape index (κ1) is 27.2. The Morgan fingerprint density at radius 3 is 2.26 bits per heavy atom. The summed E-state index contributed by atoms with van der Waals surface area (Å²) < 4.78 is 31.9. The number of rotatable bonds is 11. The fraction of sp³-hybridized carbons (Fsp3) is 0.440. The Morgan fingerprint density at radius 2 is 1.71 bits per heavy atom. The molecule has 2 aromatic carbocycles. The molecule has 0 saturated carbocycles. The zero-order valence-electron chi connectivity index (χ0n) is 20.8. The minimum absolute atomic E-state index is 0.126. The van der Waals surface area contributed by atoms with Crippen LogP contribution in [0.1, 0.15) is 37.0 Å². The summed E-state index contributed by atoms with van der Waals surface area (Å²) in [5.74, 6) is -0.146. The van der Waals surface area contributed by atoms with Gasteiger partial charge in [-0.2, -0.15) is 0 Å². The van der Waals surface area contributed by atoms with Crippen LogP contribution in [0, 0.1) is 13.8 Å². The molecule has 1 unspecified atom stereocenters. The normalized spacial score (nSPS) is 12.1. The number of ether oxygens (including phenoxy) is 1. The summed E-state index contributed by atoms with van der Waals surface area (Å²) >= 11 is 0. The molecule has 0 fully saturated rings. The number of nitrogens with zero attached hydrogens (tertiary/aromatic N) is 2. The van der Waals surface area contributed by atoms with Gasteiger partial charge in [-0.3, -0.25) is 13.9 Å². The summed E-state index contributed by atoms with van der Waals surface area (Å²) in [6.45, 7) is 7.40. The quantitative estimate of drug-likeness (QED) is 0.523. The van der Waals surface area contributed by atoms with Crippen molar-refractivity contribution in [3.05, 3.63) is 59.2 Å². The van der Waals surface area contributed by atoms with Crippen molar-refractivity contribution in [1.29, 1.82) is 0 Å². The molecule has 0 aromatic heterocycles. The molecule has 0 bridgehead atoms. The van der Waals surface area contributed by atoms with Crippen LogP contribution in [0.25, 0.3) is 0 Å². The van der Waals surface area contributed by atoms with Crippen LogP contribution in [0.2, 0.25) is 0 Å². The number of benzene rings is 2. The number of amides is 2. The Labute approximate surface area is 202 Å². The highest BCUT2D eigenvalue weighted by Crippen LogP contribution is 2.27.